The number of carbonyl (C=O) groups excluding carboxylic acids is 5. The first-order chi connectivity index (χ1) is 69.0. The fourth-order valence-corrected chi connectivity index (χ4v) is 15.2. The van der Waals surface area contributed by atoms with E-state index in [1.165, 1.54) is 91.2 Å². The Hall–Kier alpha value is -14.3. The third-order valence-corrected chi connectivity index (χ3v) is 24.0. The van der Waals surface area contributed by atoms with Gasteiger partial charge in [-0.25, -0.2) is 50.3 Å². The minimum absolute atomic E-state index is 0.0141. The molecule has 5 amide bonds. The molecule has 27 nitrogen and oxygen atoms in total. The van der Waals surface area contributed by atoms with Crippen LogP contribution in [0.3, 0.4) is 0 Å². The molecule has 13 rings (SSSR count). The Bertz CT molecular complexity index is 6070. The quantitative estimate of drug-likeness (QED) is 0.0159. The van der Waals surface area contributed by atoms with Crippen molar-refractivity contribution in [3.63, 3.8) is 0 Å². The first kappa shape index (κ1) is 115. The number of nitrogens with one attached hydrogen (secondary N) is 5. The minimum Gasteiger partial charge on any atom is -0.478 e. The van der Waals surface area contributed by atoms with Crippen molar-refractivity contribution in [1.82, 2.24) is 26.6 Å². The average molecular weight is 2030 g/mol. The SMILES string of the molecule is CC(C)[C@@H](OCc1ccc(C(F)F)c(F)c1)C(=O)N[C@@H](C)c1ccc(C(=O)O)cc1.CC(C)[C@@H](OCc1ccc(C2CC2)cc1)C(=O)N[C@@H](C)c1ccc(C(=O)O)cc1.CC(C)[C@@H](OCc1ccc(F)c(F)c1)C(=O)N[C@@H](C)c1ccc(C(=O)O)cc1.CC(C)[C@@H](OCc1ccc(F)cc1)C(=O)NC1(c2ccc(C(=O)O)cc2)CC1.CC(C)[C@@H](OCc1ccc2c(c1)OC(F)(F)O2)C(=O)N[C@@H](C)c1ccc(C(=O)O)cc1. The summed E-state index contributed by atoms with van der Waals surface area (Å²) in [7, 11) is 0. The number of hydrogen-bond donors (Lipinski definition) is 10. The maximum Gasteiger partial charge on any atom is 0.586 e. The lowest BCUT2D eigenvalue weighted by atomic mass is 10.0. The second-order valence-electron chi connectivity index (χ2n) is 37.5. The molecule has 10 aromatic rings. The van der Waals surface area contributed by atoms with E-state index in [9.17, 15) is 83.1 Å². The van der Waals surface area contributed by atoms with E-state index in [0.29, 0.717) is 23.3 Å². The molecular weight excluding hydrogens is 1910 g/mol. The molecule has 0 unspecified atom stereocenters. The zero-order valence-electron chi connectivity index (χ0n) is 83.2. The number of aromatic carboxylic acids is 5. The number of halogens is 8. The van der Waals surface area contributed by atoms with Gasteiger partial charge in [0, 0.05) is 0 Å². The second-order valence-corrected chi connectivity index (χ2v) is 37.5. The summed E-state index contributed by atoms with van der Waals surface area (Å²) in [4.78, 5) is 119. The molecule has 0 aromatic heterocycles. The molecular formula is C111H123F8N5O22. The van der Waals surface area contributed by atoms with Crippen LogP contribution >= 0.6 is 0 Å². The van der Waals surface area contributed by atoms with E-state index in [2.05, 4.69) is 60.3 Å². The van der Waals surface area contributed by atoms with E-state index in [4.69, 9.17) is 49.2 Å². The first-order valence-corrected chi connectivity index (χ1v) is 47.5. The molecule has 1 heterocycles. The highest BCUT2D eigenvalue weighted by atomic mass is 19.3. The van der Waals surface area contributed by atoms with Crippen LogP contribution in [0.15, 0.2) is 224 Å². The molecule has 2 saturated carbocycles. The minimum atomic E-state index is -3.69. The lowest BCUT2D eigenvalue weighted by Gasteiger charge is -2.25. The topological polar surface area (TPSA) is 397 Å². The maximum absolute atomic E-state index is 13.7. The van der Waals surface area contributed by atoms with Gasteiger partial charge in [0.1, 0.15) is 42.2 Å². The van der Waals surface area contributed by atoms with Crippen LogP contribution in [-0.4, -0.2) is 122 Å². The summed E-state index contributed by atoms with van der Waals surface area (Å²) in [5.74, 6) is -9.61. The largest absolute Gasteiger partial charge is 0.586 e. The van der Waals surface area contributed by atoms with E-state index in [1.807, 2.05) is 62.3 Å². The molecule has 10 N–H and O–H groups in total. The molecule has 0 spiro atoms. The molecule has 1 aliphatic heterocycles. The Morgan fingerprint density at radius 2 is 0.610 bits per heavy atom. The Balaban J connectivity index is 0.000000203. The predicted molar refractivity (Wildman–Crippen MR) is 525 cm³/mol. The van der Waals surface area contributed by atoms with Crippen LogP contribution in [0, 0.1) is 52.9 Å². The number of carboxylic acids is 5. The van der Waals surface area contributed by atoms with E-state index in [0.717, 1.165) is 82.0 Å². The highest BCUT2D eigenvalue weighted by Crippen LogP contribution is 2.47. The fourth-order valence-electron chi connectivity index (χ4n) is 15.2. The van der Waals surface area contributed by atoms with Crippen molar-refractivity contribution in [2.45, 2.75) is 235 Å². The van der Waals surface area contributed by atoms with Crippen LogP contribution in [-0.2, 0) is 86.2 Å². The zero-order chi connectivity index (χ0) is 107. The van der Waals surface area contributed by atoms with E-state index in [-0.39, 0.29) is 149 Å². The number of ether oxygens (including phenoxy) is 7. The third-order valence-electron chi connectivity index (χ3n) is 24.0. The molecule has 35 heteroatoms. The molecule has 780 valence electrons. The predicted octanol–water partition coefficient (Wildman–Crippen LogP) is 21.6. The lowest BCUT2D eigenvalue weighted by Crippen LogP contribution is -2.44. The summed E-state index contributed by atoms with van der Waals surface area (Å²) in [6, 6.07) is 55.9. The maximum atomic E-state index is 13.7. The standard InChI is InChI=1S/C24H29NO4.C22H24F3NO4.C22H23F2NO6.C22H24FNO4.C21H23F2NO4/c1-15(2)22(29-14-17-4-6-19(7-5-17)20-10-11-20)23(26)25-16(3)18-8-12-21(13-9-18)24(27)28;1-12(2)19(30-11-14-4-9-17(20(24)25)18(23)10-14)21(27)26-13(3)15-5-7-16(8-6-15)22(28)29;1-12(2)19(20(26)25-13(3)15-5-7-16(8-6-15)21(27)28)29-11-14-4-9-17-18(10-14)31-22(23,24)30-17;1-14(2)19(28-13-15-3-9-18(23)10-4-15)20(25)24-22(11-12-22)17-7-5-16(6-8-17)21(26)27;1-12(2)19(28-11-14-4-9-17(22)18(23)10-14)20(25)24-13(3)15-5-7-16(8-6-15)21(26)27/h4-9,12-13,15-16,20,22H,10-11,14H2,1-3H3,(H,25,26)(H,27,28);4-10,12-13,19-20H,11H2,1-3H3,(H,26,27)(H,28,29);4-10,12-13,19H,11H2,1-3H3,(H,25,26)(H,27,28);3-10,14,19H,11-13H2,1-2H3,(H,24,25)(H,26,27);4-10,12-13,19H,11H2,1-3H3,(H,24,25)(H,26,27)/t16-,22+;2*13-,19+;19-;13-,19+/m00010/s1. The van der Waals surface area contributed by atoms with Gasteiger partial charge in [-0.3, -0.25) is 24.0 Å². The van der Waals surface area contributed by atoms with Gasteiger partial charge in [-0.15, -0.1) is 8.78 Å². The van der Waals surface area contributed by atoms with Crippen molar-refractivity contribution in [1.29, 1.82) is 0 Å². The molecule has 0 saturated heterocycles. The first-order valence-electron chi connectivity index (χ1n) is 47.5. The van der Waals surface area contributed by atoms with Crippen LogP contribution in [0.4, 0.5) is 35.1 Å². The van der Waals surface area contributed by atoms with Gasteiger partial charge >= 0.3 is 36.1 Å². The molecule has 3 aliphatic rings. The van der Waals surface area contributed by atoms with Crippen molar-refractivity contribution in [2.24, 2.45) is 29.6 Å². The summed E-state index contributed by atoms with van der Waals surface area (Å²) in [5.41, 5.74) is 8.29. The molecule has 2 fully saturated rings. The molecule has 2 aliphatic carbocycles. The van der Waals surface area contributed by atoms with Gasteiger partial charge in [0.05, 0.1) is 96.1 Å². The van der Waals surface area contributed by atoms with Crippen LogP contribution in [0.2, 0.25) is 0 Å². The fraction of sp³-hybridized carbons (Fsp3) is 0.369. The molecule has 0 bridgehead atoms. The number of hydrogen-bond acceptors (Lipinski definition) is 17. The van der Waals surface area contributed by atoms with Gasteiger partial charge in [0.2, 0.25) is 29.5 Å². The van der Waals surface area contributed by atoms with Crippen molar-refractivity contribution < 1.29 is 142 Å². The smallest absolute Gasteiger partial charge is 0.478 e. The molecule has 146 heavy (non-hydrogen) atoms. The Morgan fingerprint density at radius 3 is 0.911 bits per heavy atom. The van der Waals surface area contributed by atoms with Crippen LogP contribution < -0.4 is 36.1 Å². The number of carboxylic acid groups (broad SMARTS) is 5. The lowest BCUT2D eigenvalue weighted by molar-refractivity contribution is -0.286. The normalized spacial score (nSPS) is 14.8. The summed E-state index contributed by atoms with van der Waals surface area (Å²) < 4.78 is 142. The molecule has 10 aromatic carbocycles. The monoisotopic (exact) mass is 2030 g/mol. The van der Waals surface area contributed by atoms with Gasteiger partial charge < -0.3 is 85.3 Å². The van der Waals surface area contributed by atoms with Crippen molar-refractivity contribution in [3.05, 3.63) is 342 Å². The second kappa shape index (κ2) is 53.5. The van der Waals surface area contributed by atoms with E-state index in [1.54, 1.807) is 138 Å². The van der Waals surface area contributed by atoms with Crippen molar-refractivity contribution >= 4 is 59.4 Å². The summed E-state index contributed by atoms with van der Waals surface area (Å²) in [6.07, 6.45) is -6.04. The number of benzene rings is 10. The number of carbonyl (C=O) groups is 10. The van der Waals surface area contributed by atoms with Crippen molar-refractivity contribution in [3.8, 4) is 11.5 Å². The third kappa shape index (κ3) is 34.8. The van der Waals surface area contributed by atoms with Gasteiger partial charge in [0.15, 0.2) is 23.1 Å². The highest BCUT2D eigenvalue weighted by molar-refractivity contribution is 5.91. The van der Waals surface area contributed by atoms with Crippen LogP contribution in [0.25, 0.3) is 0 Å². The summed E-state index contributed by atoms with van der Waals surface area (Å²) >= 11 is 0. The average Bonchev–Trinajstić information content (AvgIpc) is 1.61. The Kier molecular flexibility index (Phi) is 42.3. The number of alkyl halides is 4. The number of rotatable bonds is 42. The zero-order valence-corrected chi connectivity index (χ0v) is 83.2. The Labute approximate surface area is 841 Å². The van der Waals surface area contributed by atoms with Gasteiger partial charge in [-0.05, 0) is 253 Å². The van der Waals surface area contributed by atoms with E-state index < -0.39 is 108 Å². The van der Waals surface area contributed by atoms with Crippen LogP contribution in [0.1, 0.15) is 278 Å². The van der Waals surface area contributed by atoms with E-state index >= 15 is 0 Å². The van der Waals surface area contributed by atoms with Crippen LogP contribution in [0.5, 0.6) is 11.5 Å². The van der Waals surface area contributed by atoms with Gasteiger partial charge in [-0.2, -0.15) is 0 Å². The molecule has 0 radical (unpaired) electrons. The van der Waals surface area contributed by atoms with Gasteiger partial charge in [-0.1, -0.05) is 191 Å². The molecule has 9 atom stereocenters. The highest BCUT2D eigenvalue weighted by Gasteiger charge is 2.48. The summed E-state index contributed by atoms with van der Waals surface area (Å²) in [5, 5.41) is 59.5. The summed E-state index contributed by atoms with van der Waals surface area (Å²) in [6.45, 7) is 26.3. The van der Waals surface area contributed by atoms with Gasteiger partial charge in [0.25, 0.3) is 6.43 Å². The number of amides is 5. The van der Waals surface area contributed by atoms with Crippen molar-refractivity contribution in [2.75, 3.05) is 0 Å². The Morgan fingerprint density at radius 1 is 0.329 bits per heavy atom. The number of fused-ring (bicyclic) bond motifs is 1.